The molecule has 2 rings (SSSR count). The predicted molar refractivity (Wildman–Crippen MR) is 83.8 cm³/mol. The summed E-state index contributed by atoms with van der Waals surface area (Å²) in [7, 11) is -1.59. The van der Waals surface area contributed by atoms with Crippen LogP contribution in [0.1, 0.15) is 23.4 Å². The SMILES string of the molecule is CNC(C)c1ccc(NS(=O)(=O)c2ccc(C)s2)cc1. The van der Waals surface area contributed by atoms with Crippen LogP contribution in [-0.2, 0) is 10.0 Å². The molecular weight excluding hydrogens is 292 g/mol. The lowest BCUT2D eigenvalue weighted by molar-refractivity contribution is 0.603. The molecule has 1 heterocycles. The molecular formula is C14H18N2O2S2. The van der Waals surface area contributed by atoms with Gasteiger partial charge in [0.15, 0.2) is 0 Å². The Morgan fingerprint density at radius 3 is 2.25 bits per heavy atom. The summed E-state index contributed by atoms with van der Waals surface area (Å²) in [4.78, 5) is 0.976. The van der Waals surface area contributed by atoms with Gasteiger partial charge < -0.3 is 5.32 Å². The molecule has 0 radical (unpaired) electrons. The zero-order chi connectivity index (χ0) is 14.8. The van der Waals surface area contributed by atoms with Gasteiger partial charge in [0.1, 0.15) is 4.21 Å². The third kappa shape index (κ3) is 3.39. The lowest BCUT2D eigenvalue weighted by Gasteiger charge is -2.12. The first kappa shape index (κ1) is 15.0. The van der Waals surface area contributed by atoms with E-state index >= 15 is 0 Å². The number of hydrogen-bond donors (Lipinski definition) is 2. The first-order chi connectivity index (χ1) is 9.42. The lowest BCUT2D eigenvalue weighted by Crippen LogP contribution is -2.13. The van der Waals surface area contributed by atoms with Crippen molar-refractivity contribution in [3.8, 4) is 0 Å². The molecule has 0 bridgehead atoms. The zero-order valence-electron chi connectivity index (χ0n) is 11.7. The third-order valence-electron chi connectivity index (χ3n) is 3.08. The molecule has 2 aromatic rings. The Morgan fingerprint density at radius 1 is 1.10 bits per heavy atom. The lowest BCUT2D eigenvalue weighted by atomic mass is 10.1. The van der Waals surface area contributed by atoms with Gasteiger partial charge in [-0.25, -0.2) is 8.42 Å². The fraction of sp³-hybridized carbons (Fsp3) is 0.286. The normalized spacial score (nSPS) is 13.2. The number of sulfonamides is 1. The fourth-order valence-corrected chi connectivity index (χ4v) is 4.11. The number of benzene rings is 1. The molecule has 0 amide bonds. The fourth-order valence-electron chi connectivity index (χ4n) is 1.77. The largest absolute Gasteiger partial charge is 0.313 e. The van der Waals surface area contributed by atoms with E-state index in [4.69, 9.17) is 0 Å². The van der Waals surface area contributed by atoms with Crippen molar-refractivity contribution < 1.29 is 8.42 Å². The molecule has 20 heavy (non-hydrogen) atoms. The minimum absolute atomic E-state index is 0.237. The summed E-state index contributed by atoms with van der Waals surface area (Å²) < 4.78 is 27.3. The number of rotatable bonds is 5. The summed E-state index contributed by atoms with van der Waals surface area (Å²) in [6.07, 6.45) is 0. The van der Waals surface area contributed by atoms with Crippen molar-refractivity contribution in [2.75, 3.05) is 11.8 Å². The Morgan fingerprint density at radius 2 is 1.75 bits per heavy atom. The molecule has 0 fully saturated rings. The molecule has 0 aliphatic heterocycles. The van der Waals surface area contributed by atoms with Crippen molar-refractivity contribution in [3.63, 3.8) is 0 Å². The van der Waals surface area contributed by atoms with E-state index in [9.17, 15) is 8.42 Å². The van der Waals surface area contributed by atoms with Crippen LogP contribution in [0.25, 0.3) is 0 Å². The summed E-state index contributed by atoms with van der Waals surface area (Å²) in [5.41, 5.74) is 1.69. The van der Waals surface area contributed by atoms with Gasteiger partial charge in [-0.2, -0.15) is 0 Å². The van der Waals surface area contributed by atoms with Crippen LogP contribution in [0.5, 0.6) is 0 Å². The Hall–Kier alpha value is -1.37. The monoisotopic (exact) mass is 310 g/mol. The molecule has 0 aliphatic rings. The van der Waals surface area contributed by atoms with Crippen LogP contribution in [0.4, 0.5) is 5.69 Å². The summed E-state index contributed by atoms with van der Waals surface area (Å²) >= 11 is 1.27. The molecule has 4 nitrogen and oxygen atoms in total. The van der Waals surface area contributed by atoms with E-state index in [0.29, 0.717) is 9.90 Å². The van der Waals surface area contributed by atoms with E-state index in [0.717, 1.165) is 10.4 Å². The second kappa shape index (κ2) is 5.95. The van der Waals surface area contributed by atoms with Crippen LogP contribution in [0.15, 0.2) is 40.6 Å². The van der Waals surface area contributed by atoms with Crippen LogP contribution in [0, 0.1) is 6.92 Å². The second-order valence-electron chi connectivity index (χ2n) is 4.60. The maximum Gasteiger partial charge on any atom is 0.271 e. The van der Waals surface area contributed by atoms with Crippen molar-refractivity contribution in [1.29, 1.82) is 0 Å². The summed E-state index contributed by atoms with van der Waals surface area (Å²) in [5.74, 6) is 0. The highest BCUT2D eigenvalue weighted by Gasteiger charge is 2.16. The molecule has 1 aromatic carbocycles. The van der Waals surface area contributed by atoms with E-state index < -0.39 is 10.0 Å². The number of aryl methyl sites for hydroxylation is 1. The van der Waals surface area contributed by atoms with Gasteiger partial charge in [-0.15, -0.1) is 11.3 Å². The van der Waals surface area contributed by atoms with Gasteiger partial charge in [-0.05, 0) is 50.7 Å². The summed E-state index contributed by atoms with van der Waals surface area (Å²) in [6.45, 7) is 3.94. The van der Waals surface area contributed by atoms with E-state index in [1.807, 2.05) is 33.0 Å². The van der Waals surface area contributed by atoms with Crippen LogP contribution >= 0.6 is 11.3 Å². The molecule has 0 aliphatic carbocycles. The number of thiophene rings is 1. The molecule has 1 aromatic heterocycles. The molecule has 6 heteroatoms. The van der Waals surface area contributed by atoms with E-state index in [1.54, 1.807) is 24.3 Å². The summed E-state index contributed by atoms with van der Waals surface area (Å²) in [6, 6.07) is 11.1. The van der Waals surface area contributed by atoms with Gasteiger partial charge in [-0.1, -0.05) is 12.1 Å². The molecule has 0 saturated carbocycles. The third-order valence-corrected chi connectivity index (χ3v) is 5.95. The van der Waals surface area contributed by atoms with E-state index in [1.165, 1.54) is 11.3 Å². The van der Waals surface area contributed by atoms with Crippen molar-refractivity contribution in [3.05, 3.63) is 46.8 Å². The molecule has 0 spiro atoms. The van der Waals surface area contributed by atoms with Crippen LogP contribution in [0.3, 0.4) is 0 Å². The molecule has 108 valence electrons. The van der Waals surface area contributed by atoms with Crippen molar-refractivity contribution in [2.24, 2.45) is 0 Å². The van der Waals surface area contributed by atoms with E-state index in [2.05, 4.69) is 10.0 Å². The van der Waals surface area contributed by atoms with E-state index in [-0.39, 0.29) is 6.04 Å². The highest BCUT2D eigenvalue weighted by Crippen LogP contribution is 2.24. The Bertz CT molecular complexity index is 675. The number of anilines is 1. The zero-order valence-corrected chi connectivity index (χ0v) is 13.3. The van der Waals surface area contributed by atoms with Crippen molar-refractivity contribution >= 4 is 27.0 Å². The Balaban J connectivity index is 2.18. The maximum atomic E-state index is 12.2. The van der Waals surface area contributed by atoms with Gasteiger partial charge in [0.2, 0.25) is 0 Å². The van der Waals surface area contributed by atoms with Gasteiger partial charge in [0, 0.05) is 16.6 Å². The first-order valence-electron chi connectivity index (χ1n) is 6.29. The van der Waals surface area contributed by atoms with Crippen molar-refractivity contribution in [2.45, 2.75) is 24.1 Å². The topological polar surface area (TPSA) is 58.2 Å². The maximum absolute atomic E-state index is 12.2. The quantitative estimate of drug-likeness (QED) is 0.892. The van der Waals surface area contributed by atoms with Crippen LogP contribution in [0.2, 0.25) is 0 Å². The smallest absolute Gasteiger partial charge is 0.271 e. The van der Waals surface area contributed by atoms with Gasteiger partial charge >= 0.3 is 0 Å². The highest BCUT2D eigenvalue weighted by atomic mass is 32.2. The second-order valence-corrected chi connectivity index (χ2v) is 7.80. The minimum Gasteiger partial charge on any atom is -0.313 e. The molecule has 1 atom stereocenters. The number of nitrogens with one attached hydrogen (secondary N) is 2. The van der Waals surface area contributed by atoms with Crippen LogP contribution in [-0.4, -0.2) is 15.5 Å². The highest BCUT2D eigenvalue weighted by molar-refractivity contribution is 7.94. The first-order valence-corrected chi connectivity index (χ1v) is 8.59. The van der Waals surface area contributed by atoms with Gasteiger partial charge in [-0.3, -0.25) is 4.72 Å². The Kier molecular flexibility index (Phi) is 4.47. The Labute approximate surface area is 123 Å². The summed E-state index contributed by atoms with van der Waals surface area (Å²) in [5, 5.41) is 3.14. The number of hydrogen-bond acceptors (Lipinski definition) is 4. The standard InChI is InChI=1S/C14H18N2O2S2/c1-10-4-9-14(19-10)20(17,18)16-13-7-5-12(6-8-13)11(2)15-3/h4-9,11,15-16H,1-3H3. The van der Waals surface area contributed by atoms with Crippen LogP contribution < -0.4 is 10.0 Å². The average Bonchev–Trinajstić information content (AvgIpc) is 2.86. The molecule has 1 unspecified atom stereocenters. The van der Waals surface area contributed by atoms with Gasteiger partial charge in [0.05, 0.1) is 0 Å². The molecule has 0 saturated heterocycles. The predicted octanol–water partition coefficient (Wildman–Crippen LogP) is 3.14. The van der Waals surface area contributed by atoms with Crippen molar-refractivity contribution in [1.82, 2.24) is 5.32 Å². The molecule has 2 N–H and O–H groups in total. The van der Waals surface area contributed by atoms with Gasteiger partial charge in [0.25, 0.3) is 10.0 Å². The average molecular weight is 310 g/mol. The minimum atomic E-state index is -3.48.